The van der Waals surface area contributed by atoms with Gasteiger partial charge in [0.05, 0.1) is 13.3 Å². The minimum atomic E-state index is -0.226. The van der Waals surface area contributed by atoms with Crippen molar-refractivity contribution in [2.45, 2.75) is 18.9 Å². The van der Waals surface area contributed by atoms with Crippen LogP contribution in [-0.2, 0) is 6.42 Å². The van der Waals surface area contributed by atoms with Crippen LogP contribution < -0.4 is 10.1 Å². The van der Waals surface area contributed by atoms with Gasteiger partial charge in [0, 0.05) is 23.6 Å². The van der Waals surface area contributed by atoms with Crippen molar-refractivity contribution in [1.82, 2.24) is 14.4 Å². The molecule has 0 fully saturated rings. The molecule has 1 N–H and O–H groups in total. The first-order valence-electron chi connectivity index (χ1n) is 9.45. The predicted octanol–water partition coefficient (Wildman–Crippen LogP) is 4.90. The molecule has 0 radical (unpaired) electrons. The van der Waals surface area contributed by atoms with Crippen molar-refractivity contribution in [3.8, 4) is 17.0 Å². The van der Waals surface area contributed by atoms with Gasteiger partial charge < -0.3 is 10.1 Å². The van der Waals surface area contributed by atoms with Gasteiger partial charge in [-0.15, -0.1) is 0 Å². The second kappa shape index (κ2) is 7.01. The minimum absolute atomic E-state index is 0.226. The maximum Gasteiger partial charge on any atom is 0.157 e. The highest BCUT2D eigenvalue weighted by Gasteiger charge is 2.23. The number of imidazole rings is 1. The number of nitroso groups, excluding NO2 is 1. The van der Waals surface area contributed by atoms with Crippen molar-refractivity contribution in [3.05, 3.63) is 77.1 Å². The average molecular weight is 385 g/mol. The molecule has 1 aliphatic rings. The molecule has 5 rings (SSSR count). The van der Waals surface area contributed by atoms with Gasteiger partial charge in [-0.2, -0.15) is 4.91 Å². The highest BCUT2D eigenvalue weighted by atomic mass is 16.5. The maximum absolute atomic E-state index is 11.0. The molecule has 1 aliphatic carbocycles. The van der Waals surface area contributed by atoms with E-state index in [9.17, 15) is 4.91 Å². The fraction of sp³-hybridized carbons (Fsp3) is 0.182. The number of aryl methyl sites for hydroxylation is 1. The summed E-state index contributed by atoms with van der Waals surface area (Å²) in [5.41, 5.74) is 5.71. The third-order valence-corrected chi connectivity index (χ3v) is 5.37. The topological polar surface area (TPSA) is 80.9 Å². The predicted molar refractivity (Wildman–Crippen MR) is 112 cm³/mol. The third-order valence-electron chi connectivity index (χ3n) is 5.37. The monoisotopic (exact) mass is 385 g/mol. The lowest BCUT2D eigenvalue weighted by Crippen LogP contribution is -1.98. The van der Waals surface area contributed by atoms with E-state index in [4.69, 9.17) is 9.72 Å². The van der Waals surface area contributed by atoms with E-state index >= 15 is 0 Å². The van der Waals surface area contributed by atoms with Gasteiger partial charge in [-0.05, 0) is 60.4 Å². The molecule has 0 spiro atoms. The van der Waals surface area contributed by atoms with Gasteiger partial charge in [-0.1, -0.05) is 11.2 Å². The zero-order valence-corrected chi connectivity index (χ0v) is 15.9. The van der Waals surface area contributed by atoms with E-state index < -0.39 is 0 Å². The first-order valence-corrected chi connectivity index (χ1v) is 9.45. The summed E-state index contributed by atoms with van der Waals surface area (Å²) in [6.45, 7) is 0. The van der Waals surface area contributed by atoms with E-state index in [1.807, 2.05) is 47.0 Å². The van der Waals surface area contributed by atoms with Gasteiger partial charge in [0.2, 0.25) is 0 Å². The molecular formula is C22H19N5O2. The SMILES string of the molecule is COc1ccc(-c2nc3cnccn3c2Nc2ccc3c(c2)CCC3N=O)cc1. The number of fused-ring (bicyclic) bond motifs is 2. The molecule has 29 heavy (non-hydrogen) atoms. The Balaban J connectivity index is 1.58. The number of anilines is 2. The first-order chi connectivity index (χ1) is 14.3. The second-order valence-corrected chi connectivity index (χ2v) is 7.04. The van der Waals surface area contributed by atoms with Crippen LogP contribution in [0.15, 0.2) is 66.2 Å². The fourth-order valence-electron chi connectivity index (χ4n) is 3.90. The van der Waals surface area contributed by atoms with Crippen LogP contribution in [0.1, 0.15) is 23.6 Å². The van der Waals surface area contributed by atoms with Crippen molar-refractivity contribution < 1.29 is 4.74 Å². The van der Waals surface area contributed by atoms with Crippen LogP contribution >= 0.6 is 0 Å². The molecule has 144 valence electrons. The Morgan fingerprint density at radius 1 is 1.21 bits per heavy atom. The Morgan fingerprint density at radius 3 is 2.86 bits per heavy atom. The molecule has 7 nitrogen and oxygen atoms in total. The van der Waals surface area contributed by atoms with E-state index in [2.05, 4.69) is 21.5 Å². The van der Waals surface area contributed by atoms with Gasteiger partial charge in [0.1, 0.15) is 23.3 Å². The third kappa shape index (κ3) is 3.00. The van der Waals surface area contributed by atoms with Crippen LogP contribution in [0.3, 0.4) is 0 Å². The summed E-state index contributed by atoms with van der Waals surface area (Å²) >= 11 is 0. The molecule has 1 atom stereocenters. The Morgan fingerprint density at radius 2 is 2.07 bits per heavy atom. The van der Waals surface area contributed by atoms with Gasteiger partial charge in [0.25, 0.3) is 0 Å². The zero-order chi connectivity index (χ0) is 19.8. The average Bonchev–Trinajstić information content (AvgIpc) is 3.35. The minimum Gasteiger partial charge on any atom is -0.497 e. The summed E-state index contributed by atoms with van der Waals surface area (Å²) in [5.74, 6) is 1.65. The zero-order valence-electron chi connectivity index (χ0n) is 15.9. The number of hydrogen-bond acceptors (Lipinski definition) is 6. The largest absolute Gasteiger partial charge is 0.497 e. The van der Waals surface area contributed by atoms with E-state index in [0.29, 0.717) is 0 Å². The van der Waals surface area contributed by atoms with Crippen LogP contribution in [0.2, 0.25) is 0 Å². The number of hydrogen-bond donors (Lipinski definition) is 1. The molecule has 2 aromatic heterocycles. The standard InChI is InChI=1S/C22H19N5O2/c1-29-17-6-2-14(3-7-17)21-22(27-11-10-23-13-20(27)25-21)24-16-5-8-18-15(12-16)4-9-19(18)26-28/h2-3,5-8,10-13,19,24H,4,9H2,1H3. The van der Waals surface area contributed by atoms with E-state index in [-0.39, 0.29) is 6.04 Å². The lowest BCUT2D eigenvalue weighted by Gasteiger charge is -2.11. The van der Waals surface area contributed by atoms with Crippen molar-refractivity contribution >= 4 is 17.2 Å². The molecule has 0 bridgehead atoms. The fourth-order valence-corrected chi connectivity index (χ4v) is 3.90. The van der Waals surface area contributed by atoms with Gasteiger partial charge in [-0.25, -0.2) is 4.98 Å². The van der Waals surface area contributed by atoms with Crippen molar-refractivity contribution in [3.63, 3.8) is 0 Å². The highest BCUT2D eigenvalue weighted by Crippen LogP contribution is 2.37. The number of methoxy groups -OCH3 is 1. The van der Waals surface area contributed by atoms with Crippen LogP contribution in [0.5, 0.6) is 5.75 Å². The summed E-state index contributed by atoms with van der Waals surface area (Å²) in [5, 5.41) is 6.76. The number of benzene rings is 2. The number of nitrogens with zero attached hydrogens (tertiary/aromatic N) is 4. The smallest absolute Gasteiger partial charge is 0.157 e. The summed E-state index contributed by atoms with van der Waals surface area (Å²) in [7, 11) is 1.65. The number of nitrogens with one attached hydrogen (secondary N) is 1. The van der Waals surface area contributed by atoms with Crippen molar-refractivity contribution in [1.29, 1.82) is 0 Å². The van der Waals surface area contributed by atoms with Crippen LogP contribution in [0, 0.1) is 4.91 Å². The van der Waals surface area contributed by atoms with Crippen LogP contribution in [0.25, 0.3) is 16.9 Å². The quantitative estimate of drug-likeness (QED) is 0.494. The Labute approximate surface area is 167 Å². The molecule has 0 saturated carbocycles. The Hall–Kier alpha value is -3.74. The normalized spacial score (nSPS) is 15.3. The molecule has 0 aliphatic heterocycles. The second-order valence-electron chi connectivity index (χ2n) is 7.04. The van der Waals surface area contributed by atoms with Crippen LogP contribution in [0.4, 0.5) is 11.5 Å². The molecule has 2 aromatic carbocycles. The lowest BCUT2D eigenvalue weighted by molar-refractivity contribution is 0.415. The van der Waals surface area contributed by atoms with Gasteiger partial charge in [0.15, 0.2) is 5.65 Å². The molecule has 2 heterocycles. The Bertz CT molecular complexity index is 1200. The summed E-state index contributed by atoms with van der Waals surface area (Å²) in [6.07, 6.45) is 7.00. The molecule has 7 heteroatoms. The van der Waals surface area contributed by atoms with Crippen molar-refractivity contribution in [2.75, 3.05) is 12.4 Å². The van der Waals surface area contributed by atoms with Crippen LogP contribution in [-0.4, -0.2) is 21.5 Å². The van der Waals surface area contributed by atoms with Gasteiger partial charge >= 0.3 is 0 Å². The molecule has 1 unspecified atom stereocenters. The molecule has 4 aromatic rings. The molecular weight excluding hydrogens is 366 g/mol. The molecule has 0 amide bonds. The van der Waals surface area contributed by atoms with Crippen molar-refractivity contribution in [2.24, 2.45) is 5.18 Å². The lowest BCUT2D eigenvalue weighted by atomic mass is 10.1. The maximum atomic E-state index is 11.0. The van der Waals surface area contributed by atoms with E-state index in [1.54, 1.807) is 19.5 Å². The van der Waals surface area contributed by atoms with E-state index in [1.165, 1.54) is 5.56 Å². The molecule has 0 saturated heterocycles. The van der Waals surface area contributed by atoms with E-state index in [0.717, 1.165) is 52.6 Å². The highest BCUT2D eigenvalue weighted by molar-refractivity contribution is 5.80. The first kappa shape index (κ1) is 17.4. The summed E-state index contributed by atoms with van der Waals surface area (Å²) < 4.78 is 7.25. The Kier molecular flexibility index (Phi) is 4.20. The number of ether oxygens (including phenoxy) is 1. The number of rotatable bonds is 5. The summed E-state index contributed by atoms with van der Waals surface area (Å²) in [6, 6.07) is 13.7. The number of aromatic nitrogens is 3. The van der Waals surface area contributed by atoms with Gasteiger partial charge in [-0.3, -0.25) is 9.38 Å². The summed E-state index contributed by atoms with van der Waals surface area (Å²) in [4.78, 5) is 20.0.